The third-order valence-corrected chi connectivity index (χ3v) is 2.67. The van der Waals surface area contributed by atoms with E-state index >= 15 is 0 Å². The Morgan fingerprint density at radius 3 is 1.93 bits per heavy atom. The number of halogens is 5. The number of rotatable bonds is 2. The largest absolute Gasteiger partial charge is 0.488 e. The van der Waals surface area contributed by atoms with Crippen LogP contribution in [0.15, 0.2) is 30.3 Å². The first-order valence-electron chi connectivity index (χ1n) is 4.48. The summed E-state index contributed by atoms with van der Waals surface area (Å²) in [5.74, 6) is -7.77. The van der Waals surface area contributed by atoms with Gasteiger partial charge < -0.3 is 12.9 Å². The normalized spacial score (nSPS) is 28.9. The highest BCUT2D eigenvalue weighted by Gasteiger charge is 2.74. The molecule has 15 heavy (non-hydrogen) atoms. The van der Waals surface area contributed by atoms with Gasteiger partial charge >= 0.3 is 6.98 Å². The standard InChI is InChI=1S/C9H7BF5/c11-9(12)7(8(9)10(13,14)15)6-4-2-1-3-5-6/h1-5,7-8H/q-1/t7-,8-/m0/s1. The molecule has 82 valence electrons. The minimum Gasteiger partial charge on any atom is -0.449 e. The second-order valence-electron chi connectivity index (χ2n) is 3.71. The molecule has 1 aromatic rings. The van der Waals surface area contributed by atoms with E-state index < -0.39 is 24.6 Å². The van der Waals surface area contributed by atoms with Crippen molar-refractivity contribution < 1.29 is 21.7 Å². The average Bonchev–Trinajstić information content (AvgIpc) is 2.70. The van der Waals surface area contributed by atoms with Gasteiger partial charge in [0.15, 0.2) is 0 Å². The smallest absolute Gasteiger partial charge is 0.449 e. The molecule has 0 N–H and O–H groups in total. The lowest BCUT2D eigenvalue weighted by Crippen LogP contribution is -2.18. The van der Waals surface area contributed by atoms with Crippen LogP contribution in [0.5, 0.6) is 0 Å². The molecule has 0 spiro atoms. The fourth-order valence-corrected chi connectivity index (χ4v) is 1.91. The lowest BCUT2D eigenvalue weighted by molar-refractivity contribution is 0.107. The van der Waals surface area contributed by atoms with Gasteiger partial charge in [-0.3, -0.25) is 0 Å². The third-order valence-electron chi connectivity index (χ3n) is 2.67. The first-order chi connectivity index (χ1) is 6.85. The van der Waals surface area contributed by atoms with Gasteiger partial charge in [-0.1, -0.05) is 30.3 Å². The Balaban J connectivity index is 2.28. The van der Waals surface area contributed by atoms with Crippen molar-refractivity contribution in [3.63, 3.8) is 0 Å². The molecule has 0 bridgehead atoms. The van der Waals surface area contributed by atoms with Crippen molar-refractivity contribution >= 4 is 6.98 Å². The highest BCUT2D eigenvalue weighted by atomic mass is 19.4. The van der Waals surface area contributed by atoms with Gasteiger partial charge in [0.1, 0.15) is 0 Å². The van der Waals surface area contributed by atoms with Gasteiger partial charge in [0.25, 0.3) is 0 Å². The molecular weight excluding hydrogens is 214 g/mol. The summed E-state index contributed by atoms with van der Waals surface area (Å²) in [7, 11) is 0. The van der Waals surface area contributed by atoms with Crippen molar-refractivity contribution in [2.75, 3.05) is 0 Å². The van der Waals surface area contributed by atoms with Gasteiger partial charge in [-0.25, -0.2) is 8.78 Å². The average molecular weight is 221 g/mol. The maximum atomic E-state index is 12.9. The van der Waals surface area contributed by atoms with Crippen molar-refractivity contribution in [3.05, 3.63) is 35.9 Å². The summed E-state index contributed by atoms with van der Waals surface area (Å²) < 4.78 is 62.6. The van der Waals surface area contributed by atoms with Crippen LogP contribution in [0.25, 0.3) is 0 Å². The Kier molecular flexibility index (Phi) is 2.07. The topological polar surface area (TPSA) is 0 Å². The van der Waals surface area contributed by atoms with Crippen LogP contribution in [0, 0.1) is 0 Å². The molecule has 1 aliphatic carbocycles. The van der Waals surface area contributed by atoms with E-state index in [1.165, 1.54) is 24.3 Å². The minimum absolute atomic E-state index is 0.0618. The Hall–Kier alpha value is -1.07. The van der Waals surface area contributed by atoms with E-state index in [0.717, 1.165) is 0 Å². The SMILES string of the molecule is F[B-](F)(F)[C@H]1[C@H](c2ccccc2)C1(F)F. The van der Waals surface area contributed by atoms with Crippen LogP contribution in [0.1, 0.15) is 11.5 Å². The lowest BCUT2D eigenvalue weighted by Gasteiger charge is -2.11. The maximum Gasteiger partial charge on any atom is 0.488 e. The molecule has 0 saturated heterocycles. The van der Waals surface area contributed by atoms with Crippen LogP contribution >= 0.6 is 0 Å². The monoisotopic (exact) mass is 221 g/mol. The van der Waals surface area contributed by atoms with Crippen LogP contribution in [-0.4, -0.2) is 12.9 Å². The van der Waals surface area contributed by atoms with Crippen molar-refractivity contribution in [3.8, 4) is 0 Å². The fourth-order valence-electron chi connectivity index (χ4n) is 1.91. The van der Waals surface area contributed by atoms with Crippen LogP contribution in [0.2, 0.25) is 5.82 Å². The zero-order valence-electron chi connectivity index (χ0n) is 7.51. The van der Waals surface area contributed by atoms with E-state index in [4.69, 9.17) is 0 Å². The Morgan fingerprint density at radius 1 is 1.00 bits per heavy atom. The summed E-state index contributed by atoms with van der Waals surface area (Å²) in [5.41, 5.74) is 0.0618. The molecule has 0 heterocycles. The van der Waals surface area contributed by atoms with Crippen molar-refractivity contribution in [1.29, 1.82) is 0 Å². The third kappa shape index (κ3) is 1.62. The van der Waals surface area contributed by atoms with E-state index in [1.807, 2.05) is 0 Å². The minimum atomic E-state index is -5.47. The van der Waals surface area contributed by atoms with E-state index in [9.17, 15) is 21.7 Å². The van der Waals surface area contributed by atoms with Crippen LogP contribution in [-0.2, 0) is 0 Å². The summed E-state index contributed by atoms with van der Waals surface area (Å²) in [4.78, 5) is 0. The first kappa shape index (κ1) is 10.5. The molecule has 0 amide bonds. The number of hydrogen-bond acceptors (Lipinski definition) is 0. The van der Waals surface area contributed by atoms with Gasteiger partial charge in [0.05, 0.1) is 0 Å². The molecule has 0 unspecified atom stereocenters. The molecule has 1 aromatic carbocycles. The fraction of sp³-hybridized carbons (Fsp3) is 0.333. The molecule has 6 heteroatoms. The van der Waals surface area contributed by atoms with Crippen molar-refractivity contribution in [2.24, 2.45) is 0 Å². The molecule has 0 aliphatic heterocycles. The number of alkyl halides is 2. The van der Waals surface area contributed by atoms with Crippen LogP contribution in [0.4, 0.5) is 21.7 Å². The summed E-state index contributed by atoms with van der Waals surface area (Å²) in [6.45, 7) is -5.47. The molecule has 0 nitrogen and oxygen atoms in total. The second kappa shape index (κ2) is 2.96. The lowest BCUT2D eigenvalue weighted by atomic mass is 9.80. The summed E-state index contributed by atoms with van der Waals surface area (Å²) in [5, 5.41) is 0. The van der Waals surface area contributed by atoms with Crippen molar-refractivity contribution in [2.45, 2.75) is 17.7 Å². The van der Waals surface area contributed by atoms with Crippen molar-refractivity contribution in [1.82, 2.24) is 0 Å². The van der Waals surface area contributed by atoms with Gasteiger partial charge in [-0.15, -0.1) is 0 Å². The van der Waals surface area contributed by atoms with Crippen LogP contribution in [0.3, 0.4) is 0 Å². The second-order valence-corrected chi connectivity index (χ2v) is 3.71. The highest BCUT2D eigenvalue weighted by molar-refractivity contribution is 6.62. The molecule has 0 aromatic heterocycles. The predicted molar refractivity (Wildman–Crippen MR) is 47.0 cm³/mol. The van der Waals surface area contributed by atoms with Gasteiger partial charge in [0, 0.05) is 11.7 Å². The zero-order valence-corrected chi connectivity index (χ0v) is 7.51. The number of hydrogen-bond donors (Lipinski definition) is 0. The van der Waals surface area contributed by atoms with E-state index in [2.05, 4.69) is 0 Å². The molecule has 0 radical (unpaired) electrons. The predicted octanol–water partition coefficient (Wildman–Crippen LogP) is 3.64. The highest BCUT2D eigenvalue weighted by Crippen LogP contribution is 2.70. The quantitative estimate of drug-likeness (QED) is 0.528. The Morgan fingerprint density at radius 2 is 1.53 bits per heavy atom. The Labute approximate surface area is 83.2 Å². The molecule has 1 saturated carbocycles. The first-order valence-corrected chi connectivity index (χ1v) is 4.48. The zero-order chi connectivity index (χ0) is 11.3. The van der Waals surface area contributed by atoms with Crippen LogP contribution < -0.4 is 0 Å². The number of benzene rings is 1. The van der Waals surface area contributed by atoms with Gasteiger partial charge in [-0.2, -0.15) is 0 Å². The molecule has 1 fully saturated rings. The van der Waals surface area contributed by atoms with E-state index in [0.29, 0.717) is 0 Å². The maximum absolute atomic E-state index is 12.9. The summed E-state index contributed by atoms with van der Waals surface area (Å²) in [6.07, 6.45) is 0. The Bertz CT molecular complexity index is 359. The molecule has 2 atom stereocenters. The molecule has 1 aliphatic rings. The van der Waals surface area contributed by atoms with Gasteiger partial charge in [-0.05, 0) is 5.56 Å². The molecule has 2 rings (SSSR count). The van der Waals surface area contributed by atoms with E-state index in [-0.39, 0.29) is 5.56 Å². The summed E-state index contributed by atoms with van der Waals surface area (Å²) >= 11 is 0. The van der Waals surface area contributed by atoms with Gasteiger partial charge in [0.2, 0.25) is 5.92 Å². The summed E-state index contributed by atoms with van der Waals surface area (Å²) in [6, 6.07) is 7.12. The molecular formula is C9H7BF5-. The van der Waals surface area contributed by atoms with E-state index in [1.54, 1.807) is 6.07 Å².